The van der Waals surface area contributed by atoms with Crippen LogP contribution in [0.2, 0.25) is 0 Å². The average Bonchev–Trinajstić information content (AvgIpc) is 2.83. The third-order valence-corrected chi connectivity index (χ3v) is 3.06. The average molecular weight is 259 g/mol. The maximum atomic E-state index is 6.09. The van der Waals surface area contributed by atoms with Crippen LogP contribution in [0.5, 0.6) is 5.75 Å². The van der Waals surface area contributed by atoms with E-state index in [9.17, 15) is 0 Å². The molecule has 0 saturated heterocycles. The van der Waals surface area contributed by atoms with E-state index in [1.54, 1.807) is 0 Å². The quantitative estimate of drug-likeness (QED) is 0.829. The summed E-state index contributed by atoms with van der Waals surface area (Å²) < 4.78 is 7.46. The van der Waals surface area contributed by atoms with E-state index in [1.807, 2.05) is 54.5 Å². The number of benzene rings is 1. The topological polar surface area (TPSA) is 53.1 Å². The zero-order valence-electron chi connectivity index (χ0n) is 11.3. The molecule has 2 rings (SSSR count). The second-order valence-corrected chi connectivity index (χ2v) is 4.77. The van der Waals surface area contributed by atoms with Crippen molar-refractivity contribution in [1.82, 2.24) is 9.78 Å². The molecule has 0 fully saturated rings. The fraction of sp³-hybridized carbons (Fsp3) is 0.400. The molecular weight excluding hydrogens is 238 g/mol. The summed E-state index contributed by atoms with van der Waals surface area (Å²) in [5.41, 5.74) is 7.32. The molecule has 0 amide bonds. The number of hydrogen-bond acceptors (Lipinski definition) is 3. The third-order valence-electron chi connectivity index (χ3n) is 3.06. The molecule has 2 aromatic rings. The standard InChI is InChI=1S/C15H21N3O/c1-18-12-13(11-17-18)7-8-14(16)9-10-19-15-5-3-2-4-6-15/h2-6,11-12,14H,7-10,16H2,1H3. The van der Waals surface area contributed by atoms with E-state index in [0.717, 1.165) is 25.0 Å². The maximum Gasteiger partial charge on any atom is 0.119 e. The smallest absolute Gasteiger partial charge is 0.119 e. The summed E-state index contributed by atoms with van der Waals surface area (Å²) in [6.45, 7) is 0.665. The molecule has 1 heterocycles. The number of nitrogens with two attached hydrogens (primary N) is 1. The van der Waals surface area contributed by atoms with Gasteiger partial charge in [-0.05, 0) is 37.0 Å². The molecule has 4 nitrogen and oxygen atoms in total. The maximum absolute atomic E-state index is 6.09. The first-order valence-electron chi connectivity index (χ1n) is 6.65. The van der Waals surface area contributed by atoms with Crippen molar-refractivity contribution in [3.63, 3.8) is 0 Å². The third kappa shape index (κ3) is 4.75. The molecule has 0 aliphatic carbocycles. The van der Waals surface area contributed by atoms with E-state index in [4.69, 9.17) is 10.5 Å². The van der Waals surface area contributed by atoms with Crippen molar-refractivity contribution in [2.24, 2.45) is 12.8 Å². The van der Waals surface area contributed by atoms with Gasteiger partial charge in [0.15, 0.2) is 0 Å². The molecule has 1 aromatic heterocycles. The molecule has 1 unspecified atom stereocenters. The molecular formula is C15H21N3O. The largest absolute Gasteiger partial charge is 0.494 e. The lowest BCUT2D eigenvalue weighted by molar-refractivity contribution is 0.294. The van der Waals surface area contributed by atoms with Crippen LogP contribution in [0.25, 0.3) is 0 Å². The van der Waals surface area contributed by atoms with Crippen molar-refractivity contribution in [3.05, 3.63) is 48.3 Å². The Labute approximate surface area is 114 Å². The Kier molecular flexibility index (Phi) is 4.98. The van der Waals surface area contributed by atoms with Gasteiger partial charge in [0.05, 0.1) is 12.8 Å². The first-order chi connectivity index (χ1) is 9.24. The lowest BCUT2D eigenvalue weighted by Crippen LogP contribution is -2.23. The Hall–Kier alpha value is -1.81. The van der Waals surface area contributed by atoms with Crippen molar-refractivity contribution < 1.29 is 4.74 Å². The molecule has 4 heteroatoms. The minimum absolute atomic E-state index is 0.170. The number of nitrogens with zero attached hydrogens (tertiary/aromatic N) is 2. The molecule has 0 aliphatic heterocycles. The van der Waals surface area contributed by atoms with Crippen molar-refractivity contribution in [2.75, 3.05) is 6.61 Å². The van der Waals surface area contributed by atoms with Gasteiger partial charge >= 0.3 is 0 Å². The zero-order valence-corrected chi connectivity index (χ0v) is 11.3. The van der Waals surface area contributed by atoms with Gasteiger partial charge in [-0.15, -0.1) is 0 Å². The molecule has 0 bridgehead atoms. The predicted octanol–water partition coefficient (Wildman–Crippen LogP) is 2.15. The van der Waals surface area contributed by atoms with Gasteiger partial charge in [0.2, 0.25) is 0 Å². The van der Waals surface area contributed by atoms with Gasteiger partial charge in [-0.25, -0.2) is 0 Å². The molecule has 1 atom stereocenters. The van der Waals surface area contributed by atoms with E-state index in [0.29, 0.717) is 6.61 Å². The van der Waals surface area contributed by atoms with Gasteiger partial charge in [-0.2, -0.15) is 5.10 Å². The van der Waals surface area contributed by atoms with Gasteiger partial charge in [-0.3, -0.25) is 4.68 Å². The summed E-state index contributed by atoms with van der Waals surface area (Å²) in [7, 11) is 1.93. The second-order valence-electron chi connectivity index (χ2n) is 4.77. The number of aryl methyl sites for hydroxylation is 2. The molecule has 19 heavy (non-hydrogen) atoms. The van der Waals surface area contributed by atoms with Crippen LogP contribution >= 0.6 is 0 Å². The summed E-state index contributed by atoms with van der Waals surface area (Å²) in [6, 6.07) is 10.0. The minimum atomic E-state index is 0.170. The fourth-order valence-electron chi connectivity index (χ4n) is 1.94. The van der Waals surface area contributed by atoms with Crippen LogP contribution in [-0.4, -0.2) is 22.4 Å². The minimum Gasteiger partial charge on any atom is -0.494 e. The predicted molar refractivity (Wildman–Crippen MR) is 76.1 cm³/mol. The Morgan fingerprint density at radius 2 is 2.05 bits per heavy atom. The van der Waals surface area contributed by atoms with E-state index in [1.165, 1.54) is 5.56 Å². The van der Waals surface area contributed by atoms with Gasteiger partial charge < -0.3 is 10.5 Å². The highest BCUT2D eigenvalue weighted by atomic mass is 16.5. The van der Waals surface area contributed by atoms with Crippen molar-refractivity contribution in [3.8, 4) is 5.75 Å². The van der Waals surface area contributed by atoms with Gasteiger partial charge in [0.25, 0.3) is 0 Å². The van der Waals surface area contributed by atoms with E-state index >= 15 is 0 Å². The highest BCUT2D eigenvalue weighted by molar-refractivity contribution is 5.20. The van der Waals surface area contributed by atoms with Crippen LogP contribution in [0.4, 0.5) is 0 Å². The summed E-state index contributed by atoms with van der Waals surface area (Å²) in [6.07, 6.45) is 6.74. The molecule has 1 aromatic carbocycles. The van der Waals surface area contributed by atoms with Crippen LogP contribution in [-0.2, 0) is 13.5 Å². The highest BCUT2D eigenvalue weighted by Crippen LogP contribution is 2.10. The Morgan fingerprint density at radius 3 is 2.74 bits per heavy atom. The molecule has 0 aliphatic rings. The van der Waals surface area contributed by atoms with Crippen molar-refractivity contribution in [2.45, 2.75) is 25.3 Å². The van der Waals surface area contributed by atoms with E-state index in [2.05, 4.69) is 5.10 Å². The van der Waals surface area contributed by atoms with Gasteiger partial charge in [-0.1, -0.05) is 18.2 Å². The van der Waals surface area contributed by atoms with Gasteiger partial charge in [0, 0.05) is 19.3 Å². The van der Waals surface area contributed by atoms with Crippen LogP contribution in [0.1, 0.15) is 18.4 Å². The lowest BCUT2D eigenvalue weighted by Gasteiger charge is -2.11. The highest BCUT2D eigenvalue weighted by Gasteiger charge is 2.05. The van der Waals surface area contributed by atoms with Crippen LogP contribution in [0, 0.1) is 0 Å². The molecule has 2 N–H and O–H groups in total. The van der Waals surface area contributed by atoms with E-state index in [-0.39, 0.29) is 6.04 Å². The van der Waals surface area contributed by atoms with Crippen LogP contribution < -0.4 is 10.5 Å². The summed E-state index contributed by atoms with van der Waals surface area (Å²) >= 11 is 0. The van der Waals surface area contributed by atoms with Crippen LogP contribution in [0.3, 0.4) is 0 Å². The van der Waals surface area contributed by atoms with Crippen molar-refractivity contribution >= 4 is 0 Å². The number of rotatable bonds is 7. The first kappa shape index (κ1) is 13.6. The van der Waals surface area contributed by atoms with Crippen molar-refractivity contribution in [1.29, 1.82) is 0 Å². The summed E-state index contributed by atoms with van der Waals surface area (Å²) in [5.74, 6) is 0.905. The summed E-state index contributed by atoms with van der Waals surface area (Å²) in [4.78, 5) is 0. The monoisotopic (exact) mass is 259 g/mol. The number of ether oxygens (including phenoxy) is 1. The number of para-hydroxylation sites is 1. The lowest BCUT2D eigenvalue weighted by atomic mass is 10.1. The Morgan fingerprint density at radius 1 is 1.26 bits per heavy atom. The molecule has 0 saturated carbocycles. The normalized spacial score (nSPS) is 12.3. The van der Waals surface area contributed by atoms with Crippen LogP contribution in [0.15, 0.2) is 42.7 Å². The number of hydrogen-bond donors (Lipinski definition) is 1. The fourth-order valence-corrected chi connectivity index (χ4v) is 1.94. The number of aromatic nitrogens is 2. The molecule has 0 spiro atoms. The first-order valence-corrected chi connectivity index (χ1v) is 6.65. The molecule has 0 radical (unpaired) electrons. The Bertz CT molecular complexity index is 481. The summed E-state index contributed by atoms with van der Waals surface area (Å²) in [5, 5.41) is 4.15. The zero-order chi connectivity index (χ0) is 13.5. The van der Waals surface area contributed by atoms with E-state index < -0.39 is 0 Å². The SMILES string of the molecule is Cn1cc(CCC(N)CCOc2ccccc2)cn1. The molecule has 102 valence electrons. The second kappa shape index (κ2) is 6.95. The Balaban J connectivity index is 1.63. The van der Waals surface area contributed by atoms with Gasteiger partial charge in [0.1, 0.15) is 5.75 Å².